The van der Waals surface area contributed by atoms with E-state index in [1.807, 2.05) is 0 Å². The van der Waals surface area contributed by atoms with E-state index in [0.717, 1.165) is 8.70 Å². The molecule has 8 heteroatoms. The van der Waals surface area contributed by atoms with Crippen LogP contribution in [-0.4, -0.2) is 43.7 Å². The molecule has 2 rings (SSSR count). The van der Waals surface area contributed by atoms with Crippen LogP contribution in [0.15, 0.2) is 21.7 Å². The molecule has 1 heterocycles. The molecular formula is C8H6As2Cl2N2O2. The molecule has 4 nitrogen and oxygen atoms in total. The van der Waals surface area contributed by atoms with Crippen molar-refractivity contribution in [2.75, 3.05) is 0 Å². The van der Waals surface area contributed by atoms with Crippen molar-refractivity contribution in [3.05, 3.63) is 32.8 Å². The zero-order chi connectivity index (χ0) is 10.3. The molecule has 0 unspecified atom stereocenters. The van der Waals surface area contributed by atoms with Crippen molar-refractivity contribution in [2.24, 2.45) is 0 Å². The number of aromatic amines is 2. The molecule has 0 aliphatic rings. The second-order valence-electron chi connectivity index (χ2n) is 2.79. The third kappa shape index (κ3) is 2.95. The number of benzene rings is 1. The Kier molecular flexibility index (Phi) is 5.92. The van der Waals surface area contributed by atoms with Gasteiger partial charge in [-0.15, -0.1) is 24.8 Å². The fourth-order valence-corrected chi connectivity index (χ4v) is 1.95. The third-order valence-electron chi connectivity index (χ3n) is 1.82. The molecule has 0 atom stereocenters. The summed E-state index contributed by atoms with van der Waals surface area (Å²) in [7, 11) is 0. The fourth-order valence-electron chi connectivity index (χ4n) is 1.14. The van der Waals surface area contributed by atoms with Gasteiger partial charge in [-0.3, -0.25) is 0 Å². The molecular weight excluding hydrogens is 377 g/mol. The average molecular weight is 383 g/mol. The van der Waals surface area contributed by atoms with Crippen LogP contribution in [0.3, 0.4) is 0 Å². The van der Waals surface area contributed by atoms with Crippen LogP contribution in [0, 0.1) is 0 Å². The van der Waals surface area contributed by atoms with Crippen LogP contribution in [0.4, 0.5) is 0 Å². The van der Waals surface area contributed by atoms with Crippen LogP contribution in [0.25, 0.3) is 11.0 Å². The Morgan fingerprint density at radius 1 is 0.812 bits per heavy atom. The molecule has 0 fully saturated rings. The number of hydrogen-bond acceptors (Lipinski definition) is 2. The minimum atomic E-state index is -0.622. The van der Waals surface area contributed by atoms with Crippen molar-refractivity contribution < 1.29 is 0 Å². The maximum atomic E-state index is 11.0. The van der Waals surface area contributed by atoms with Gasteiger partial charge in [-0.1, -0.05) is 0 Å². The summed E-state index contributed by atoms with van der Waals surface area (Å²) < 4.78 is 1.99. The molecule has 4 radical (unpaired) electrons. The number of rotatable bonds is 0. The topological polar surface area (TPSA) is 65.7 Å². The second-order valence-corrected chi connectivity index (χ2v) is 4.82. The molecule has 2 N–H and O–H groups in total. The van der Waals surface area contributed by atoms with E-state index < -0.39 is 11.1 Å². The Hall–Kier alpha value is -0.143. The van der Waals surface area contributed by atoms with Crippen molar-refractivity contribution in [1.82, 2.24) is 9.97 Å². The van der Waals surface area contributed by atoms with Gasteiger partial charge in [0.25, 0.3) is 0 Å². The minimum absolute atomic E-state index is 0. The molecule has 0 saturated carbocycles. The Morgan fingerprint density at radius 3 is 1.44 bits per heavy atom. The molecule has 2 aromatic rings. The average Bonchev–Trinajstić information content (AvgIpc) is 2.11. The van der Waals surface area contributed by atoms with Gasteiger partial charge in [0.05, 0.1) is 0 Å². The molecule has 1 aromatic carbocycles. The first kappa shape index (κ1) is 15.9. The van der Waals surface area contributed by atoms with Crippen molar-refractivity contribution in [1.29, 1.82) is 0 Å². The summed E-state index contributed by atoms with van der Waals surface area (Å²) in [5.74, 6) is 0. The Bertz CT molecular complexity index is 569. The molecule has 84 valence electrons. The second kappa shape index (κ2) is 5.97. The first-order valence-electron chi connectivity index (χ1n) is 3.76. The Balaban J connectivity index is 0.00000112. The van der Waals surface area contributed by atoms with Crippen molar-refractivity contribution >= 4 is 78.3 Å². The number of hydrogen-bond donors (Lipinski definition) is 2. The maximum absolute atomic E-state index is 11.0. The van der Waals surface area contributed by atoms with Crippen LogP contribution in [0.2, 0.25) is 0 Å². The molecule has 16 heavy (non-hydrogen) atoms. The molecule has 0 saturated heterocycles. The zero-order valence-corrected chi connectivity index (χ0v) is 13.1. The number of fused-ring (bicyclic) bond motifs is 1. The van der Waals surface area contributed by atoms with E-state index in [2.05, 4.69) is 43.7 Å². The van der Waals surface area contributed by atoms with Gasteiger partial charge in [0.1, 0.15) is 0 Å². The van der Waals surface area contributed by atoms with Gasteiger partial charge >= 0.3 is 96.2 Å². The molecule has 0 amide bonds. The van der Waals surface area contributed by atoms with E-state index in [-0.39, 0.29) is 24.8 Å². The Morgan fingerprint density at radius 2 is 1.12 bits per heavy atom. The van der Waals surface area contributed by atoms with Gasteiger partial charge in [-0.25, -0.2) is 0 Å². The predicted octanol–water partition coefficient (Wildman–Crippen LogP) is -1.35. The summed E-state index contributed by atoms with van der Waals surface area (Å²) >= 11 is 4.81. The summed E-state index contributed by atoms with van der Waals surface area (Å²) in [6, 6.07) is 3.61. The van der Waals surface area contributed by atoms with Gasteiger partial charge in [-0.2, -0.15) is 0 Å². The van der Waals surface area contributed by atoms with E-state index >= 15 is 0 Å². The van der Waals surface area contributed by atoms with E-state index in [0.29, 0.717) is 11.0 Å². The molecule has 0 bridgehead atoms. The van der Waals surface area contributed by atoms with Gasteiger partial charge < -0.3 is 0 Å². The SMILES string of the molecule is Cl.Cl.O=c1[nH]c2cc([As])c([As])cc2[nH]c1=O. The number of nitrogens with one attached hydrogen (secondary N) is 2. The quantitative estimate of drug-likeness (QED) is 0.437. The van der Waals surface area contributed by atoms with Crippen LogP contribution in [0.5, 0.6) is 0 Å². The molecule has 0 aliphatic carbocycles. The first-order chi connectivity index (χ1) is 6.58. The number of aromatic nitrogens is 2. The normalized spacial score (nSPS) is 9.38. The van der Waals surface area contributed by atoms with Crippen LogP contribution in [0.1, 0.15) is 0 Å². The van der Waals surface area contributed by atoms with Crippen molar-refractivity contribution in [2.45, 2.75) is 0 Å². The standard InChI is InChI=1S/C8H4As2N2O2.2ClH/c9-3-1-5-6(2-4(3)10)12-8(14)7(13)11-5;;/h1-2H,(H,11,13)(H,12,14);2*1H. The zero-order valence-electron chi connectivity index (χ0n) is 7.68. The summed E-state index contributed by atoms with van der Waals surface area (Å²) in [5, 5.41) is 0. The van der Waals surface area contributed by atoms with Crippen molar-refractivity contribution in [3.8, 4) is 0 Å². The first-order valence-corrected chi connectivity index (χ1v) is 5.64. The van der Waals surface area contributed by atoms with E-state index in [4.69, 9.17) is 0 Å². The van der Waals surface area contributed by atoms with Crippen LogP contribution < -0.4 is 19.8 Å². The predicted molar refractivity (Wildman–Crippen MR) is 70.5 cm³/mol. The van der Waals surface area contributed by atoms with Crippen molar-refractivity contribution in [3.63, 3.8) is 0 Å². The molecule has 0 aliphatic heterocycles. The number of halogens is 2. The molecule has 1 aromatic heterocycles. The number of H-pyrrole nitrogens is 2. The summed E-state index contributed by atoms with van der Waals surface area (Å²) in [6.07, 6.45) is 0. The van der Waals surface area contributed by atoms with Crippen LogP contribution in [-0.2, 0) is 0 Å². The van der Waals surface area contributed by atoms with E-state index in [9.17, 15) is 9.59 Å². The van der Waals surface area contributed by atoms with Gasteiger partial charge in [0.2, 0.25) is 0 Å². The van der Waals surface area contributed by atoms with Crippen LogP contribution >= 0.6 is 24.8 Å². The Labute approximate surface area is 120 Å². The summed E-state index contributed by atoms with van der Waals surface area (Å²) in [5.41, 5.74) is 0.0329. The van der Waals surface area contributed by atoms with Gasteiger partial charge in [-0.05, 0) is 0 Å². The molecule has 0 spiro atoms. The third-order valence-corrected chi connectivity index (χ3v) is 4.20. The van der Waals surface area contributed by atoms with Gasteiger partial charge in [0.15, 0.2) is 0 Å². The monoisotopic (exact) mass is 382 g/mol. The van der Waals surface area contributed by atoms with E-state index in [1.165, 1.54) is 0 Å². The summed E-state index contributed by atoms with van der Waals surface area (Å²) in [6.45, 7) is 0. The van der Waals surface area contributed by atoms with Gasteiger partial charge in [0, 0.05) is 0 Å². The van der Waals surface area contributed by atoms with E-state index in [1.54, 1.807) is 12.1 Å². The summed E-state index contributed by atoms with van der Waals surface area (Å²) in [4.78, 5) is 27.1. The fraction of sp³-hybridized carbons (Fsp3) is 0.